The summed E-state index contributed by atoms with van der Waals surface area (Å²) < 4.78 is 9.38. The van der Waals surface area contributed by atoms with Crippen LogP contribution in [0.4, 0.5) is 0 Å². The van der Waals surface area contributed by atoms with Crippen LogP contribution in [0.5, 0.6) is 0 Å². The van der Waals surface area contributed by atoms with Crippen molar-refractivity contribution in [2.45, 2.75) is 0 Å². The molecule has 0 radical (unpaired) electrons. The third-order valence-corrected chi connectivity index (χ3v) is 13.4. The molecule has 0 N–H and O–H groups in total. The Morgan fingerprint density at radius 2 is 0.806 bits per heavy atom. The number of rotatable bonds is 5. The van der Waals surface area contributed by atoms with Crippen LogP contribution in [0.3, 0.4) is 0 Å². The van der Waals surface area contributed by atoms with Gasteiger partial charge >= 0.3 is 0 Å². The van der Waals surface area contributed by atoms with Crippen LogP contribution in [0.2, 0.25) is 0 Å². The van der Waals surface area contributed by atoms with E-state index in [1.165, 1.54) is 63.6 Å². The van der Waals surface area contributed by atoms with Gasteiger partial charge in [-0.15, -0.1) is 11.3 Å². The van der Waals surface area contributed by atoms with Crippen LogP contribution in [0, 0.1) is 0 Å². The molecule has 0 unspecified atom stereocenters. The second kappa shape index (κ2) is 13.8. The number of para-hydroxylation sites is 1. The van der Waals surface area contributed by atoms with Crippen molar-refractivity contribution in [3.63, 3.8) is 0 Å². The Morgan fingerprint density at radius 1 is 0.306 bits per heavy atom. The van der Waals surface area contributed by atoms with Crippen molar-refractivity contribution in [1.82, 2.24) is 15.0 Å². The molecule has 3 aromatic heterocycles. The van der Waals surface area contributed by atoms with Crippen LogP contribution in [-0.2, 0) is 0 Å². The zero-order valence-electron chi connectivity index (χ0n) is 33.2. The molecule has 0 bridgehead atoms. The van der Waals surface area contributed by atoms with Crippen molar-refractivity contribution in [3.05, 3.63) is 200 Å². The number of furan rings is 1. The molecule has 0 aliphatic heterocycles. The van der Waals surface area contributed by atoms with Crippen molar-refractivity contribution >= 4 is 85.8 Å². The van der Waals surface area contributed by atoms with E-state index in [1.807, 2.05) is 72.0 Å². The fourth-order valence-corrected chi connectivity index (χ4v) is 10.6. The van der Waals surface area contributed by atoms with Gasteiger partial charge < -0.3 is 4.42 Å². The summed E-state index contributed by atoms with van der Waals surface area (Å²) in [7, 11) is 0. The summed E-state index contributed by atoms with van der Waals surface area (Å²) >= 11 is 1.85. The number of fused-ring (bicyclic) bond motifs is 12. The highest BCUT2D eigenvalue weighted by atomic mass is 32.1. The van der Waals surface area contributed by atoms with E-state index >= 15 is 0 Å². The molecule has 3 heterocycles. The lowest BCUT2D eigenvalue weighted by Gasteiger charge is -2.12. The summed E-state index contributed by atoms with van der Waals surface area (Å²) in [6.07, 6.45) is 0. The largest absolute Gasteiger partial charge is 0.455 e. The summed E-state index contributed by atoms with van der Waals surface area (Å²) in [5.74, 6) is 1.85. The molecule has 62 heavy (non-hydrogen) atoms. The summed E-state index contributed by atoms with van der Waals surface area (Å²) in [5, 5.41) is 12.3. The van der Waals surface area contributed by atoms with E-state index in [0.29, 0.717) is 17.5 Å². The Kier molecular flexibility index (Phi) is 7.74. The van der Waals surface area contributed by atoms with E-state index < -0.39 is 0 Å². The first-order chi connectivity index (χ1) is 30.7. The second-order valence-electron chi connectivity index (χ2n) is 15.9. The van der Waals surface area contributed by atoms with E-state index in [4.69, 9.17) is 19.4 Å². The van der Waals surface area contributed by atoms with E-state index in [0.717, 1.165) is 49.8 Å². The van der Waals surface area contributed by atoms with Gasteiger partial charge in [-0.3, -0.25) is 0 Å². The molecule has 0 amide bonds. The van der Waals surface area contributed by atoms with Gasteiger partial charge in [-0.1, -0.05) is 170 Å². The second-order valence-corrected chi connectivity index (χ2v) is 17.0. The van der Waals surface area contributed by atoms with Crippen molar-refractivity contribution < 1.29 is 4.42 Å². The fraction of sp³-hybridized carbons (Fsp3) is 0. The quantitative estimate of drug-likeness (QED) is 0.163. The van der Waals surface area contributed by atoms with Crippen molar-refractivity contribution in [2.24, 2.45) is 0 Å². The first kappa shape index (κ1) is 34.8. The molecule has 0 fully saturated rings. The molecule has 0 aliphatic carbocycles. The third-order valence-electron chi connectivity index (χ3n) is 12.3. The number of nitrogens with zero attached hydrogens (tertiary/aromatic N) is 3. The van der Waals surface area contributed by atoms with Gasteiger partial charge in [-0.25, -0.2) is 15.0 Å². The summed E-state index contributed by atoms with van der Waals surface area (Å²) in [5.41, 5.74) is 9.05. The van der Waals surface area contributed by atoms with Gasteiger partial charge in [0.2, 0.25) is 0 Å². The lowest BCUT2D eigenvalue weighted by atomic mass is 9.92. The van der Waals surface area contributed by atoms with Crippen LogP contribution in [-0.4, -0.2) is 15.0 Å². The molecule has 5 heteroatoms. The highest BCUT2D eigenvalue weighted by Crippen LogP contribution is 2.45. The number of thiophene rings is 1. The average molecular weight is 808 g/mol. The fourth-order valence-electron chi connectivity index (χ4n) is 9.40. The molecule has 288 valence electrons. The van der Waals surface area contributed by atoms with Crippen LogP contribution in [0.1, 0.15) is 0 Å². The molecule has 0 saturated carbocycles. The van der Waals surface area contributed by atoms with E-state index in [2.05, 4.69) is 140 Å². The first-order valence-electron chi connectivity index (χ1n) is 20.8. The SMILES string of the molecule is c1ccc(-c2nc(-c3ccccc3)nc(-c3ccc4c(c3)oc3c(-c5cccc6sc7cc(-c8ccc9c%10ccccc%10c%10ccccc%10c9c8)ccc7c56)cccc34)n2)cc1. The van der Waals surface area contributed by atoms with Crippen LogP contribution in [0.15, 0.2) is 205 Å². The monoisotopic (exact) mass is 807 g/mol. The molecule has 13 rings (SSSR count). The topological polar surface area (TPSA) is 51.8 Å². The van der Waals surface area contributed by atoms with Gasteiger partial charge in [0.15, 0.2) is 17.5 Å². The van der Waals surface area contributed by atoms with E-state index in [1.54, 1.807) is 0 Å². The third kappa shape index (κ3) is 5.49. The normalized spacial score (nSPS) is 11.9. The van der Waals surface area contributed by atoms with Crippen molar-refractivity contribution in [3.8, 4) is 56.4 Å². The maximum absolute atomic E-state index is 6.87. The Labute approximate surface area is 360 Å². The van der Waals surface area contributed by atoms with Crippen LogP contribution >= 0.6 is 11.3 Å². The lowest BCUT2D eigenvalue weighted by molar-refractivity contribution is 0.670. The smallest absolute Gasteiger partial charge is 0.164 e. The predicted octanol–water partition coefficient (Wildman–Crippen LogP) is 15.9. The summed E-state index contributed by atoms with van der Waals surface area (Å²) in [6, 6.07) is 71.0. The van der Waals surface area contributed by atoms with Crippen molar-refractivity contribution in [1.29, 1.82) is 0 Å². The Bertz CT molecular complexity index is 3830. The minimum atomic E-state index is 0.597. The maximum atomic E-state index is 6.87. The molecule has 4 nitrogen and oxygen atoms in total. The van der Waals surface area contributed by atoms with Gasteiger partial charge in [-0.2, -0.15) is 0 Å². The van der Waals surface area contributed by atoms with Crippen LogP contribution in [0.25, 0.3) is 131 Å². The molecule has 13 aromatic rings. The lowest BCUT2D eigenvalue weighted by Crippen LogP contribution is -2.00. The zero-order chi connectivity index (χ0) is 40.7. The molecule has 0 atom stereocenters. The Balaban J connectivity index is 0.925. The first-order valence-corrected chi connectivity index (χ1v) is 21.7. The standard InChI is InChI=1S/C57H33N3OS/c1-3-13-34(14-4-1)55-58-56(35-15-5-2-6-16-35)60-57(59-55)38-27-29-44-46-22-11-23-47(54(46)61-50(44)32-38)45-21-12-24-51-53(45)48-30-26-37(33-52(48)62-51)36-25-28-43-41-19-8-7-17-39(41)40-18-9-10-20-42(40)49(43)31-36/h1-33H. The Morgan fingerprint density at radius 3 is 1.48 bits per heavy atom. The molecular formula is C57H33N3OS. The van der Waals surface area contributed by atoms with E-state index in [-0.39, 0.29) is 0 Å². The van der Waals surface area contributed by atoms with Gasteiger partial charge in [-0.05, 0) is 79.3 Å². The number of hydrogen-bond acceptors (Lipinski definition) is 5. The Hall–Kier alpha value is -7.99. The summed E-state index contributed by atoms with van der Waals surface area (Å²) in [4.78, 5) is 14.9. The van der Waals surface area contributed by atoms with Crippen LogP contribution < -0.4 is 0 Å². The molecule has 10 aromatic carbocycles. The predicted molar refractivity (Wildman–Crippen MR) is 260 cm³/mol. The minimum absolute atomic E-state index is 0.597. The number of benzene rings is 10. The molecule has 0 spiro atoms. The highest BCUT2D eigenvalue weighted by Gasteiger charge is 2.19. The highest BCUT2D eigenvalue weighted by molar-refractivity contribution is 7.26. The van der Waals surface area contributed by atoms with Gasteiger partial charge in [0.1, 0.15) is 11.2 Å². The number of hydrogen-bond donors (Lipinski definition) is 0. The number of aromatic nitrogens is 3. The van der Waals surface area contributed by atoms with Gasteiger partial charge in [0.05, 0.1) is 0 Å². The average Bonchev–Trinajstić information content (AvgIpc) is 3.92. The van der Waals surface area contributed by atoms with Gasteiger partial charge in [0, 0.05) is 53.2 Å². The molecule has 0 aliphatic rings. The molecule has 0 saturated heterocycles. The van der Waals surface area contributed by atoms with Gasteiger partial charge in [0.25, 0.3) is 0 Å². The van der Waals surface area contributed by atoms with E-state index in [9.17, 15) is 0 Å². The molecular weight excluding hydrogens is 775 g/mol. The zero-order valence-corrected chi connectivity index (χ0v) is 34.0. The maximum Gasteiger partial charge on any atom is 0.164 e. The summed E-state index contributed by atoms with van der Waals surface area (Å²) in [6.45, 7) is 0. The minimum Gasteiger partial charge on any atom is -0.455 e. The van der Waals surface area contributed by atoms with Crippen molar-refractivity contribution in [2.75, 3.05) is 0 Å².